The molecule has 4 heterocycles. The molecule has 0 bridgehead atoms. The first-order valence-corrected chi connectivity index (χ1v) is 12.7. The highest BCUT2D eigenvalue weighted by Gasteiger charge is 2.47. The molecule has 10 heteroatoms. The van der Waals surface area contributed by atoms with E-state index >= 15 is 0 Å². The quantitative estimate of drug-likeness (QED) is 0.582. The summed E-state index contributed by atoms with van der Waals surface area (Å²) in [5.74, 6) is 0.0555. The number of amides is 1. The van der Waals surface area contributed by atoms with Crippen molar-refractivity contribution < 1.29 is 17.9 Å². The molecule has 33 heavy (non-hydrogen) atoms. The van der Waals surface area contributed by atoms with E-state index in [4.69, 9.17) is 4.74 Å². The lowest BCUT2D eigenvalue weighted by Crippen LogP contribution is -2.59. The van der Waals surface area contributed by atoms with Gasteiger partial charge in [0.2, 0.25) is 15.9 Å². The van der Waals surface area contributed by atoms with E-state index in [0.717, 1.165) is 29.7 Å². The van der Waals surface area contributed by atoms with Crippen molar-refractivity contribution in [3.8, 4) is 11.3 Å². The first kappa shape index (κ1) is 20.8. The van der Waals surface area contributed by atoms with Gasteiger partial charge in [0.25, 0.3) is 0 Å². The van der Waals surface area contributed by atoms with Gasteiger partial charge in [0.1, 0.15) is 6.61 Å². The summed E-state index contributed by atoms with van der Waals surface area (Å²) >= 11 is 0. The number of piperidine rings is 1. The number of imidazole rings is 1. The van der Waals surface area contributed by atoms with Gasteiger partial charge in [-0.15, -0.1) is 0 Å². The second-order valence-corrected chi connectivity index (χ2v) is 11.0. The van der Waals surface area contributed by atoms with Crippen molar-refractivity contribution >= 4 is 21.6 Å². The average molecular weight is 468 g/mol. The first-order chi connectivity index (χ1) is 15.9. The minimum atomic E-state index is -3.61. The number of ether oxygens (including phenoxy) is 1. The van der Waals surface area contributed by atoms with E-state index in [1.807, 2.05) is 17.0 Å². The van der Waals surface area contributed by atoms with Crippen LogP contribution in [0.25, 0.3) is 16.9 Å². The van der Waals surface area contributed by atoms with Crippen LogP contribution in [0, 0.1) is 0 Å². The van der Waals surface area contributed by atoms with Crippen LogP contribution in [0.2, 0.25) is 0 Å². The van der Waals surface area contributed by atoms with Gasteiger partial charge < -0.3 is 9.64 Å². The largest absolute Gasteiger partial charge is 0.363 e. The Balaban J connectivity index is 1.16. The number of carbonyl (C=O) groups is 1. The third-order valence-electron chi connectivity index (χ3n) is 6.94. The molecule has 172 valence electrons. The molecule has 0 unspecified atom stereocenters. The topological polar surface area (TPSA) is 97.1 Å². The molecular weight excluding hydrogens is 442 g/mol. The van der Waals surface area contributed by atoms with Gasteiger partial charge in [-0.2, -0.15) is 9.40 Å². The summed E-state index contributed by atoms with van der Waals surface area (Å²) < 4.78 is 35.7. The van der Waals surface area contributed by atoms with Gasteiger partial charge in [0.05, 0.1) is 22.7 Å². The summed E-state index contributed by atoms with van der Waals surface area (Å²) in [4.78, 5) is 18.6. The van der Waals surface area contributed by atoms with Crippen LogP contribution in [0.4, 0.5) is 0 Å². The van der Waals surface area contributed by atoms with Crippen molar-refractivity contribution in [1.29, 1.82) is 0 Å². The van der Waals surface area contributed by atoms with Gasteiger partial charge in [-0.3, -0.25) is 4.79 Å². The molecule has 3 aliphatic rings. The second-order valence-electron chi connectivity index (χ2n) is 9.10. The fraction of sp³-hybridized carbons (Fsp3) is 0.435. The summed E-state index contributed by atoms with van der Waals surface area (Å²) in [7, 11) is -3.61. The van der Waals surface area contributed by atoms with Crippen LogP contribution in [0.5, 0.6) is 0 Å². The van der Waals surface area contributed by atoms with E-state index < -0.39 is 15.6 Å². The van der Waals surface area contributed by atoms with Crippen molar-refractivity contribution in [2.24, 2.45) is 0 Å². The minimum absolute atomic E-state index is 0.0555. The monoisotopic (exact) mass is 467 g/mol. The SMILES string of the molecule is O=C1COC2(CCN(S(=O)(=O)c3ccc(-c4ccc5nccn5n4)cc3)CC2)CN1C1CC1. The Kier molecular flexibility index (Phi) is 4.79. The van der Waals surface area contributed by atoms with E-state index in [-0.39, 0.29) is 17.4 Å². The molecule has 6 rings (SSSR count). The van der Waals surface area contributed by atoms with Crippen molar-refractivity contribution in [3.63, 3.8) is 0 Å². The van der Waals surface area contributed by atoms with Gasteiger partial charge in [0, 0.05) is 37.1 Å². The molecule has 9 nitrogen and oxygen atoms in total. The van der Waals surface area contributed by atoms with E-state index in [1.54, 1.807) is 41.2 Å². The molecule has 0 atom stereocenters. The zero-order chi connectivity index (χ0) is 22.6. The zero-order valence-corrected chi connectivity index (χ0v) is 18.9. The molecule has 1 amide bonds. The Morgan fingerprint density at radius 1 is 1.03 bits per heavy atom. The lowest BCUT2D eigenvalue weighted by atomic mass is 9.90. The molecule has 0 N–H and O–H groups in total. The van der Waals surface area contributed by atoms with E-state index in [2.05, 4.69) is 10.1 Å². The number of hydrogen-bond acceptors (Lipinski definition) is 6. The van der Waals surface area contributed by atoms with Gasteiger partial charge >= 0.3 is 0 Å². The Morgan fingerprint density at radius 3 is 2.52 bits per heavy atom. The van der Waals surface area contributed by atoms with Crippen LogP contribution >= 0.6 is 0 Å². The number of carbonyl (C=O) groups excluding carboxylic acids is 1. The first-order valence-electron chi connectivity index (χ1n) is 11.3. The second kappa shape index (κ2) is 7.61. The number of hydrogen-bond donors (Lipinski definition) is 0. The lowest BCUT2D eigenvalue weighted by Gasteiger charge is -2.46. The zero-order valence-electron chi connectivity index (χ0n) is 18.1. The highest BCUT2D eigenvalue weighted by Crippen LogP contribution is 2.37. The van der Waals surface area contributed by atoms with Crippen LogP contribution in [0.1, 0.15) is 25.7 Å². The smallest absolute Gasteiger partial charge is 0.248 e. The van der Waals surface area contributed by atoms with Gasteiger partial charge in [-0.25, -0.2) is 17.9 Å². The Bertz CT molecular complexity index is 1310. The molecule has 1 spiro atoms. The Morgan fingerprint density at radius 2 is 1.79 bits per heavy atom. The van der Waals surface area contributed by atoms with Crippen LogP contribution in [-0.2, 0) is 19.6 Å². The molecule has 0 radical (unpaired) electrons. The molecule has 1 saturated carbocycles. The molecule has 2 aliphatic heterocycles. The van der Waals surface area contributed by atoms with E-state index in [1.165, 1.54) is 4.31 Å². The molecule has 3 fully saturated rings. The van der Waals surface area contributed by atoms with Crippen molar-refractivity contribution in [1.82, 2.24) is 23.8 Å². The predicted molar refractivity (Wildman–Crippen MR) is 120 cm³/mol. The lowest BCUT2D eigenvalue weighted by molar-refractivity contribution is -0.170. The Labute approximate surface area is 192 Å². The van der Waals surface area contributed by atoms with Crippen LogP contribution < -0.4 is 0 Å². The number of fused-ring (bicyclic) bond motifs is 1. The van der Waals surface area contributed by atoms with E-state index in [0.29, 0.717) is 38.5 Å². The fourth-order valence-corrected chi connectivity index (χ4v) is 6.25. The van der Waals surface area contributed by atoms with Crippen LogP contribution in [-0.4, -0.2) is 76.0 Å². The number of benzene rings is 1. The number of morpholine rings is 1. The molecular formula is C23H25N5O4S. The maximum atomic E-state index is 13.3. The maximum absolute atomic E-state index is 13.3. The third-order valence-corrected chi connectivity index (χ3v) is 8.86. The summed E-state index contributed by atoms with van der Waals surface area (Å²) in [6, 6.07) is 10.9. The molecule has 2 aromatic heterocycles. The van der Waals surface area contributed by atoms with E-state index in [9.17, 15) is 13.2 Å². The Hall–Kier alpha value is -2.82. The van der Waals surface area contributed by atoms with Crippen molar-refractivity contribution in [2.75, 3.05) is 26.2 Å². The normalized spacial score (nSPS) is 21.7. The molecule has 2 saturated heterocycles. The molecule has 3 aromatic rings. The van der Waals surface area contributed by atoms with Gasteiger partial charge in [-0.1, -0.05) is 12.1 Å². The fourth-order valence-electron chi connectivity index (χ4n) is 4.81. The third kappa shape index (κ3) is 3.71. The summed E-state index contributed by atoms with van der Waals surface area (Å²) in [6.45, 7) is 1.45. The summed E-state index contributed by atoms with van der Waals surface area (Å²) in [5, 5.41) is 4.52. The highest BCUT2D eigenvalue weighted by molar-refractivity contribution is 7.89. The minimum Gasteiger partial charge on any atom is -0.363 e. The average Bonchev–Trinajstić information content (AvgIpc) is 3.57. The summed E-state index contributed by atoms with van der Waals surface area (Å²) in [5.41, 5.74) is 1.91. The predicted octanol–water partition coefficient (Wildman–Crippen LogP) is 1.94. The summed E-state index contributed by atoms with van der Waals surface area (Å²) in [6.07, 6.45) is 6.76. The number of nitrogens with zero attached hydrogens (tertiary/aromatic N) is 5. The highest BCUT2D eigenvalue weighted by atomic mass is 32.2. The van der Waals surface area contributed by atoms with Crippen molar-refractivity contribution in [3.05, 3.63) is 48.8 Å². The maximum Gasteiger partial charge on any atom is 0.248 e. The van der Waals surface area contributed by atoms with Crippen LogP contribution in [0.3, 0.4) is 0 Å². The molecule has 1 aliphatic carbocycles. The van der Waals surface area contributed by atoms with Crippen molar-refractivity contribution in [2.45, 2.75) is 42.2 Å². The number of rotatable bonds is 4. The number of aromatic nitrogens is 3. The van der Waals surface area contributed by atoms with Crippen LogP contribution in [0.15, 0.2) is 53.7 Å². The molecule has 1 aromatic carbocycles. The van der Waals surface area contributed by atoms with Gasteiger partial charge in [0.15, 0.2) is 5.65 Å². The van der Waals surface area contributed by atoms with Gasteiger partial charge in [-0.05, 0) is 49.9 Å². The number of sulfonamides is 1. The standard InChI is InChI=1S/C23H25N5O4S/c29-22-15-32-23(16-27(22)18-3-4-18)9-12-26(13-10-23)33(30,31)19-5-1-17(2-6-19)20-7-8-21-24-11-14-28(21)25-20/h1-2,5-8,11,14,18H,3-4,9-10,12-13,15-16H2.